The van der Waals surface area contributed by atoms with E-state index in [-0.39, 0.29) is 5.91 Å². The van der Waals surface area contributed by atoms with E-state index >= 15 is 0 Å². The molecule has 0 radical (unpaired) electrons. The van der Waals surface area contributed by atoms with Gasteiger partial charge in [0.15, 0.2) is 0 Å². The van der Waals surface area contributed by atoms with Gasteiger partial charge in [-0.25, -0.2) is 0 Å². The van der Waals surface area contributed by atoms with Gasteiger partial charge in [0.25, 0.3) is 5.91 Å². The van der Waals surface area contributed by atoms with Gasteiger partial charge in [-0.05, 0) is 48.8 Å². The normalized spacial score (nSPS) is 20.8. The summed E-state index contributed by atoms with van der Waals surface area (Å²) in [4.78, 5) is 18.3. The summed E-state index contributed by atoms with van der Waals surface area (Å²) in [5, 5.41) is 7.83. The van der Waals surface area contributed by atoms with Crippen LogP contribution in [0.4, 0.5) is 5.69 Å². The minimum atomic E-state index is -0.0790. The van der Waals surface area contributed by atoms with E-state index in [0.717, 1.165) is 55.7 Å². The molecule has 2 bridgehead atoms. The molecule has 3 aromatic rings. The monoisotopic (exact) mass is 472 g/mol. The third kappa shape index (κ3) is 5.59. The van der Waals surface area contributed by atoms with Crippen molar-refractivity contribution in [3.8, 4) is 0 Å². The van der Waals surface area contributed by atoms with Crippen LogP contribution in [0.15, 0.2) is 65.2 Å². The Morgan fingerprint density at radius 1 is 1.06 bits per heavy atom. The maximum Gasteiger partial charge on any atom is 0.292 e. The second-order valence-corrected chi connectivity index (χ2v) is 10.4. The maximum atomic E-state index is 13.8. The molecule has 0 aliphatic carbocycles. The number of nitrogens with zero attached hydrogens (tertiary/aromatic N) is 3. The van der Waals surface area contributed by atoms with Gasteiger partial charge in [0.1, 0.15) is 0 Å². The van der Waals surface area contributed by atoms with Gasteiger partial charge < -0.3 is 14.7 Å². The van der Waals surface area contributed by atoms with Crippen LogP contribution in [0.25, 0.3) is 0 Å². The number of amides is 1. The van der Waals surface area contributed by atoms with Crippen LogP contribution < -0.4 is 5.32 Å². The summed E-state index contributed by atoms with van der Waals surface area (Å²) in [6.45, 7) is 7.34. The summed E-state index contributed by atoms with van der Waals surface area (Å²) in [5.74, 6) is 0.718. The van der Waals surface area contributed by atoms with Gasteiger partial charge in [-0.15, -0.1) is 0 Å². The summed E-state index contributed by atoms with van der Waals surface area (Å²) in [5.41, 5.74) is 4.41. The fourth-order valence-corrected chi connectivity index (χ4v) is 5.54. The van der Waals surface area contributed by atoms with E-state index < -0.39 is 0 Å². The topological polar surface area (TPSA) is 61.6 Å². The number of rotatable bonds is 5. The molecule has 1 fully saturated rings. The SMILES string of the molecule is CC(C)Cc1cc(C(=O)N2Cc3ccccc3NCC[C@@H]3CC[C@H](C2)N3Cc2ccccc2)on1. The van der Waals surface area contributed by atoms with E-state index in [0.29, 0.717) is 36.9 Å². The predicted molar refractivity (Wildman–Crippen MR) is 138 cm³/mol. The first-order chi connectivity index (χ1) is 17.1. The Balaban J connectivity index is 1.44. The number of hydrogen-bond donors (Lipinski definition) is 1. The van der Waals surface area contributed by atoms with Crippen LogP contribution in [-0.2, 0) is 19.5 Å². The highest BCUT2D eigenvalue weighted by Crippen LogP contribution is 2.31. The van der Waals surface area contributed by atoms with Gasteiger partial charge in [-0.1, -0.05) is 67.5 Å². The van der Waals surface area contributed by atoms with Crippen molar-refractivity contribution < 1.29 is 9.32 Å². The van der Waals surface area contributed by atoms with Gasteiger partial charge in [0.2, 0.25) is 5.76 Å². The second kappa shape index (κ2) is 10.6. The zero-order valence-electron chi connectivity index (χ0n) is 20.8. The molecular weight excluding hydrogens is 436 g/mol. The summed E-state index contributed by atoms with van der Waals surface area (Å²) in [6.07, 6.45) is 4.15. The molecule has 2 atom stereocenters. The molecule has 0 saturated carbocycles. The van der Waals surface area contributed by atoms with Gasteiger partial charge in [-0.3, -0.25) is 9.69 Å². The maximum absolute atomic E-state index is 13.8. The van der Waals surface area contributed by atoms with Gasteiger partial charge in [-0.2, -0.15) is 0 Å². The fourth-order valence-electron chi connectivity index (χ4n) is 5.54. The number of hydrogen-bond acceptors (Lipinski definition) is 5. The Morgan fingerprint density at radius 3 is 2.66 bits per heavy atom. The zero-order valence-corrected chi connectivity index (χ0v) is 20.8. The summed E-state index contributed by atoms with van der Waals surface area (Å²) in [7, 11) is 0. The van der Waals surface area contributed by atoms with Crippen molar-refractivity contribution in [3.63, 3.8) is 0 Å². The quantitative estimate of drug-likeness (QED) is 0.541. The predicted octanol–water partition coefficient (Wildman–Crippen LogP) is 5.36. The third-order valence-electron chi connectivity index (χ3n) is 7.26. The Kier molecular flexibility index (Phi) is 7.19. The molecule has 6 heteroatoms. The lowest BCUT2D eigenvalue weighted by Crippen LogP contribution is -2.44. The summed E-state index contributed by atoms with van der Waals surface area (Å²) in [6, 6.07) is 21.7. The Morgan fingerprint density at radius 2 is 1.83 bits per heavy atom. The first-order valence-electron chi connectivity index (χ1n) is 12.9. The van der Waals surface area contributed by atoms with E-state index in [4.69, 9.17) is 4.52 Å². The third-order valence-corrected chi connectivity index (χ3v) is 7.26. The lowest BCUT2D eigenvalue weighted by molar-refractivity contribution is 0.0623. The highest BCUT2D eigenvalue weighted by Gasteiger charge is 2.36. The van der Waals surface area contributed by atoms with E-state index in [2.05, 4.69) is 77.8 Å². The number of aromatic nitrogens is 1. The van der Waals surface area contributed by atoms with Crippen LogP contribution in [0, 0.1) is 5.92 Å². The first-order valence-corrected chi connectivity index (χ1v) is 12.9. The van der Waals surface area contributed by atoms with Gasteiger partial charge >= 0.3 is 0 Å². The van der Waals surface area contributed by atoms with Gasteiger partial charge in [0, 0.05) is 50.0 Å². The molecule has 3 heterocycles. The molecule has 1 amide bonds. The zero-order chi connectivity index (χ0) is 24.2. The molecule has 0 unspecified atom stereocenters. The Hall–Kier alpha value is -3.12. The lowest BCUT2D eigenvalue weighted by Gasteiger charge is -2.33. The molecule has 2 aliphatic heterocycles. The lowest BCUT2D eigenvalue weighted by atomic mass is 10.1. The molecule has 6 nitrogen and oxygen atoms in total. The highest BCUT2D eigenvalue weighted by molar-refractivity contribution is 5.91. The molecule has 5 rings (SSSR count). The molecule has 2 aromatic carbocycles. The molecule has 184 valence electrons. The van der Waals surface area contributed by atoms with Crippen molar-refractivity contribution >= 4 is 11.6 Å². The number of para-hydroxylation sites is 1. The number of nitrogens with one attached hydrogen (secondary N) is 1. The van der Waals surface area contributed by atoms with Crippen LogP contribution >= 0.6 is 0 Å². The summed E-state index contributed by atoms with van der Waals surface area (Å²) >= 11 is 0. The van der Waals surface area contributed by atoms with Crippen molar-refractivity contribution in [2.75, 3.05) is 18.4 Å². The highest BCUT2D eigenvalue weighted by atomic mass is 16.5. The van der Waals surface area contributed by atoms with E-state index in [1.807, 2.05) is 17.0 Å². The fraction of sp³-hybridized carbons (Fsp3) is 0.448. The van der Waals surface area contributed by atoms with Crippen molar-refractivity contribution in [1.29, 1.82) is 0 Å². The number of fused-ring (bicyclic) bond motifs is 3. The van der Waals surface area contributed by atoms with E-state index in [1.165, 1.54) is 5.56 Å². The largest absolute Gasteiger partial charge is 0.385 e. The van der Waals surface area contributed by atoms with Crippen LogP contribution in [0.3, 0.4) is 0 Å². The molecular formula is C29H36N4O2. The van der Waals surface area contributed by atoms with E-state index in [9.17, 15) is 4.79 Å². The number of carbonyl (C=O) groups is 1. The van der Waals surface area contributed by atoms with Crippen molar-refractivity contribution in [2.24, 2.45) is 5.92 Å². The number of carbonyl (C=O) groups excluding carboxylic acids is 1. The van der Waals surface area contributed by atoms with Gasteiger partial charge in [0.05, 0.1) is 5.69 Å². The van der Waals surface area contributed by atoms with Crippen molar-refractivity contribution in [3.05, 3.63) is 83.2 Å². The Labute approximate surface area is 208 Å². The van der Waals surface area contributed by atoms with E-state index in [1.54, 1.807) is 0 Å². The van der Waals surface area contributed by atoms with Crippen molar-refractivity contribution in [1.82, 2.24) is 15.0 Å². The minimum absolute atomic E-state index is 0.0790. The molecule has 1 N–H and O–H groups in total. The van der Waals surface area contributed by atoms with Crippen molar-refractivity contribution in [2.45, 2.75) is 64.7 Å². The summed E-state index contributed by atoms with van der Waals surface area (Å²) < 4.78 is 5.55. The smallest absolute Gasteiger partial charge is 0.292 e. The minimum Gasteiger partial charge on any atom is -0.385 e. The molecule has 0 spiro atoms. The first kappa shape index (κ1) is 23.6. The molecule has 2 aliphatic rings. The molecule has 1 saturated heterocycles. The van der Waals surface area contributed by atoms with Crippen LogP contribution in [0.1, 0.15) is 60.5 Å². The Bertz CT molecular complexity index is 1130. The number of anilines is 1. The van der Waals surface area contributed by atoms with Crippen LogP contribution in [0.5, 0.6) is 0 Å². The van der Waals surface area contributed by atoms with Crippen LogP contribution in [0.2, 0.25) is 0 Å². The van der Waals surface area contributed by atoms with Crippen LogP contribution in [-0.4, -0.2) is 46.0 Å². The molecule has 35 heavy (non-hydrogen) atoms. The average molecular weight is 473 g/mol. The standard InChI is InChI=1S/C29H36N4O2/c1-21(2)16-24-17-28(35-31-24)29(34)32-19-23-10-6-7-11-27(23)30-15-14-25-12-13-26(20-32)33(25)18-22-8-4-3-5-9-22/h3-11,17,21,25-26,30H,12-16,18-20H2,1-2H3/t25-,26+/m0/s1. The average Bonchev–Trinajstić information content (AvgIpc) is 3.45. The number of benzene rings is 2. The second-order valence-electron chi connectivity index (χ2n) is 10.4. The molecule has 1 aromatic heterocycles.